The number of hydrogen-bond donors (Lipinski definition) is 5. The number of ether oxygens (including phenoxy) is 3. The van der Waals surface area contributed by atoms with Gasteiger partial charge in [0.1, 0.15) is 11.5 Å². The summed E-state index contributed by atoms with van der Waals surface area (Å²) < 4.78 is 143. The predicted molar refractivity (Wildman–Crippen MR) is 444 cm³/mol. The van der Waals surface area contributed by atoms with E-state index >= 15 is 0 Å². The zero-order valence-electron chi connectivity index (χ0n) is 71.0. The summed E-state index contributed by atoms with van der Waals surface area (Å²) in [6, 6.07) is 19.9. The number of carboxylic acids is 1. The molecule has 37 heteroatoms. The number of methoxy groups -OCH3 is 2. The highest BCUT2D eigenvalue weighted by molar-refractivity contribution is 5.98. The van der Waals surface area contributed by atoms with Gasteiger partial charge in [0, 0.05) is 229 Å². The number of carbonyl (C=O) groups excluding carboxylic acids is 2. The zero-order chi connectivity index (χ0) is 88.9. The molecular formula is C85H106F9N19O9. The van der Waals surface area contributed by atoms with Crippen LogP contribution in [0.4, 0.5) is 39.5 Å². The lowest BCUT2D eigenvalue weighted by Gasteiger charge is -2.39. The Kier molecular flexibility index (Phi) is 28.6. The number of alkyl halides is 9. The van der Waals surface area contributed by atoms with Crippen molar-refractivity contribution in [1.29, 1.82) is 0 Å². The number of H-pyrrole nitrogens is 2. The lowest BCUT2D eigenvalue weighted by atomic mass is 10.0. The third kappa shape index (κ3) is 21.5. The standard InChI is InChI=1S/C30H36F3N7O3.C25H32F3N5O2.C22H26F3N5O2.C8H12N2O2/c1-18-12-26(43-5)24(29(42)36-18)15-34-28(41)23-14-22-13-21(25-6-7-35-37(25)4)16-40(22)27(19(23)2)20(3)39-10-8-38(9-11-39)17-30(31,32)33;1-16(2)35-24(34)21-13-20-12-19(22-6-7-29-30(22)5)14-33(20)23(17(21)3)18(4)32-10-8-31(9-11-32)15-25(26,27)28;1-14-18(21(31)32)11-17-10-16(19-4-5-26-27(19)3)12-30(17)20(14)15(2)29-8-6-28(7-9-29)13-22(23,24)25;1-5-3-7(12-2)6(4-9)8(11)10-5/h6-7,12-14,16,20H,8-11,15,17H2,1-5H3,(H,34,41)(H,36,42);6-7,12-14,16,18H,8-11,15H2,1-5H3;4-5,10-12,15H,6-9,13H2,1-3H3,(H,31,32);3H,4,9H2,1-2H3,(H,10,11). The van der Waals surface area contributed by atoms with Gasteiger partial charge < -0.3 is 53.5 Å². The number of aryl methyl sites for hydroxylation is 5. The molecule has 3 aliphatic heterocycles. The van der Waals surface area contributed by atoms with Gasteiger partial charge >= 0.3 is 30.5 Å². The quantitative estimate of drug-likeness (QED) is 0.0330. The number of piperazine rings is 3. The van der Waals surface area contributed by atoms with Crippen LogP contribution in [-0.2, 0) is 39.0 Å². The third-order valence-corrected chi connectivity index (χ3v) is 22.7. The molecule has 0 aliphatic carbocycles. The van der Waals surface area contributed by atoms with Gasteiger partial charge in [-0.25, -0.2) is 9.59 Å². The topological polar surface area (TPSA) is 289 Å². The highest BCUT2D eigenvalue weighted by atomic mass is 19.4. The van der Waals surface area contributed by atoms with Gasteiger partial charge in [-0.05, 0) is 153 Å². The Bertz CT molecular complexity index is 5670. The summed E-state index contributed by atoms with van der Waals surface area (Å²) in [5.74, 6) is -0.795. The number of aromatic nitrogens is 11. The third-order valence-electron chi connectivity index (χ3n) is 22.7. The molecule has 0 bridgehead atoms. The minimum absolute atomic E-state index is 0.0322. The smallest absolute Gasteiger partial charge is 0.401 e. The SMILES string of the molecule is COc1cc(C)[nH]c(=O)c1CN.COc1cc(C)[nH]c(=O)c1CNC(=O)c1cc2cc(-c3ccnn3C)cn2c(C(C)N2CCN(CC(F)(F)F)CC2)c1C.Cc1c(C(=O)O)cc2cc(-c3ccnn3C)cn2c1C(C)N1CCN(CC(F)(F)F)CC1.Cc1c(C(=O)OC(C)C)cc2cc(-c3ccnn3C)cn2c1C(C)N1CCN(CC(F)(F)F)CC1. The van der Waals surface area contributed by atoms with Crippen molar-refractivity contribution in [2.45, 2.75) is 125 Å². The lowest BCUT2D eigenvalue weighted by molar-refractivity contribution is -0.150. The van der Waals surface area contributed by atoms with Gasteiger partial charge in [-0.1, -0.05) is 0 Å². The van der Waals surface area contributed by atoms with Gasteiger partial charge in [-0.15, -0.1) is 0 Å². The number of halogens is 9. The van der Waals surface area contributed by atoms with Crippen LogP contribution in [-0.4, -0.2) is 242 Å². The summed E-state index contributed by atoms with van der Waals surface area (Å²) in [6.07, 6.45) is -1.74. The first-order valence-electron chi connectivity index (χ1n) is 40.0. The molecule has 0 saturated carbocycles. The first-order valence-corrected chi connectivity index (χ1v) is 40.0. The molecule has 28 nitrogen and oxygen atoms in total. The van der Waals surface area contributed by atoms with E-state index in [1.807, 2.05) is 141 Å². The number of amides is 1. The lowest BCUT2D eigenvalue weighted by Crippen LogP contribution is -2.49. The summed E-state index contributed by atoms with van der Waals surface area (Å²) in [6.45, 7) is 21.0. The molecule has 1 amide bonds. The first kappa shape index (κ1) is 91.6. The summed E-state index contributed by atoms with van der Waals surface area (Å²) in [5, 5.41) is 25.4. The highest BCUT2D eigenvalue weighted by Gasteiger charge is 2.38. The molecule has 3 fully saturated rings. The molecule has 3 atom stereocenters. The Morgan fingerprint density at radius 2 is 0.803 bits per heavy atom. The van der Waals surface area contributed by atoms with Crippen LogP contribution in [0, 0.1) is 34.6 Å². The molecule has 0 aromatic carbocycles. The largest absolute Gasteiger partial charge is 0.496 e. The number of nitrogens with zero attached hydrogens (tertiary/aromatic N) is 15. The molecule has 0 radical (unpaired) electrons. The van der Waals surface area contributed by atoms with Crippen molar-refractivity contribution in [2.24, 2.45) is 26.9 Å². The summed E-state index contributed by atoms with van der Waals surface area (Å²) in [4.78, 5) is 78.5. The van der Waals surface area contributed by atoms with Crippen LogP contribution in [0.5, 0.6) is 11.5 Å². The number of nitrogens with two attached hydrogens (primary N) is 1. The fraction of sp³-hybridized carbons (Fsp3) is 0.459. The van der Waals surface area contributed by atoms with E-state index in [4.69, 9.17) is 19.9 Å². The van der Waals surface area contributed by atoms with Gasteiger partial charge in [0.15, 0.2) is 0 Å². The second kappa shape index (κ2) is 38.1. The number of aromatic amines is 2. The van der Waals surface area contributed by atoms with E-state index in [9.17, 15) is 68.6 Å². The number of fused-ring (bicyclic) bond motifs is 3. The van der Waals surface area contributed by atoms with Crippen molar-refractivity contribution in [2.75, 3.05) is 112 Å². The predicted octanol–water partition coefficient (Wildman–Crippen LogP) is 12.0. The Morgan fingerprint density at radius 3 is 1.11 bits per heavy atom. The molecule has 3 saturated heterocycles. The molecule has 3 unspecified atom stereocenters. The number of hydrogen-bond acceptors (Lipinski definition) is 18. The molecule has 6 N–H and O–H groups in total. The molecule has 14 heterocycles. The van der Waals surface area contributed by atoms with Crippen LogP contribution < -0.4 is 31.6 Å². The minimum Gasteiger partial charge on any atom is -0.496 e. The van der Waals surface area contributed by atoms with Gasteiger partial charge in [0.05, 0.1) is 85.8 Å². The average molecular weight is 1710 g/mol. The second-order valence-electron chi connectivity index (χ2n) is 31.4. The van der Waals surface area contributed by atoms with Crippen LogP contribution in [0.15, 0.2) is 114 Å². The fourth-order valence-electron chi connectivity index (χ4n) is 16.6. The van der Waals surface area contributed by atoms with Crippen LogP contribution in [0.3, 0.4) is 0 Å². The Hall–Kier alpha value is -11.1. The van der Waals surface area contributed by atoms with Crippen molar-refractivity contribution in [3.63, 3.8) is 0 Å². The Balaban J connectivity index is 0.000000168. The molecule has 11 aromatic rings. The number of carbonyl (C=O) groups is 3. The molecule has 122 heavy (non-hydrogen) atoms. The maximum Gasteiger partial charge on any atom is 0.401 e. The normalized spacial score (nSPS) is 15.8. The first-order chi connectivity index (χ1) is 57.5. The van der Waals surface area contributed by atoms with E-state index in [1.165, 1.54) is 28.9 Å². The van der Waals surface area contributed by atoms with E-state index in [-0.39, 0.29) is 65.9 Å². The number of pyridine rings is 5. The number of carboxylic acid groups (broad SMARTS) is 1. The minimum atomic E-state index is -4.24. The Morgan fingerprint density at radius 1 is 0.484 bits per heavy atom. The highest BCUT2D eigenvalue weighted by Crippen LogP contribution is 2.38. The van der Waals surface area contributed by atoms with Crippen molar-refractivity contribution < 1.29 is 73.2 Å². The molecule has 11 aromatic heterocycles. The summed E-state index contributed by atoms with van der Waals surface area (Å²) in [5.41, 5.74) is 21.0. The number of rotatable bonds is 21. The van der Waals surface area contributed by atoms with Gasteiger partial charge in [0.2, 0.25) is 0 Å². The zero-order valence-corrected chi connectivity index (χ0v) is 71.0. The van der Waals surface area contributed by atoms with E-state index < -0.39 is 44.1 Å². The van der Waals surface area contributed by atoms with Crippen molar-refractivity contribution >= 4 is 34.4 Å². The molecule has 14 rings (SSSR count). The van der Waals surface area contributed by atoms with Crippen molar-refractivity contribution in [3.05, 3.63) is 198 Å². The average Bonchev–Trinajstić information content (AvgIpc) is 1.57. The van der Waals surface area contributed by atoms with E-state index in [1.54, 1.807) is 71.6 Å². The summed E-state index contributed by atoms with van der Waals surface area (Å²) in [7, 11) is 8.56. The van der Waals surface area contributed by atoms with E-state index in [0.717, 1.165) is 84.2 Å². The molecular weight excluding hydrogens is 1600 g/mol. The van der Waals surface area contributed by atoms with E-state index in [0.29, 0.717) is 124 Å². The van der Waals surface area contributed by atoms with Crippen molar-refractivity contribution in [3.8, 4) is 45.3 Å². The van der Waals surface area contributed by atoms with Crippen LogP contribution in [0.2, 0.25) is 0 Å². The second-order valence-corrected chi connectivity index (χ2v) is 31.4. The molecule has 0 spiro atoms. The number of nitrogens with one attached hydrogen (secondary N) is 3. The van der Waals surface area contributed by atoms with Crippen molar-refractivity contribution in [1.82, 2.24) is 87.2 Å². The fourth-order valence-corrected chi connectivity index (χ4v) is 16.6. The maximum absolute atomic E-state index is 13.7. The number of aromatic carboxylic acids is 1. The monoisotopic (exact) mass is 1710 g/mol. The molecule has 3 aliphatic rings. The van der Waals surface area contributed by atoms with Gasteiger partial charge in [0.25, 0.3) is 17.0 Å². The maximum atomic E-state index is 13.7. The summed E-state index contributed by atoms with van der Waals surface area (Å²) >= 11 is 0. The van der Waals surface area contributed by atoms with Crippen LogP contribution >= 0.6 is 0 Å². The van der Waals surface area contributed by atoms with Crippen LogP contribution in [0.1, 0.15) is 140 Å². The number of esters is 1. The molecule has 658 valence electrons. The van der Waals surface area contributed by atoms with Gasteiger partial charge in [-0.3, -0.25) is 57.8 Å². The Labute approximate surface area is 699 Å². The van der Waals surface area contributed by atoms with Gasteiger partial charge in [-0.2, -0.15) is 54.8 Å². The van der Waals surface area contributed by atoms with E-state index in [2.05, 4.69) is 54.1 Å². The van der Waals surface area contributed by atoms with Crippen LogP contribution in [0.25, 0.3) is 50.3 Å².